The Kier molecular flexibility index (Phi) is 4.86. The van der Waals surface area contributed by atoms with Gasteiger partial charge < -0.3 is 9.80 Å². The average Bonchev–Trinajstić information content (AvgIpc) is 2.76. The lowest BCUT2D eigenvalue weighted by Crippen LogP contribution is -2.65. The number of carbonyl (C=O) groups is 1. The molecule has 5 rings (SSSR count). The third-order valence-corrected chi connectivity index (χ3v) is 6.91. The molecule has 1 amide bonds. The molecule has 4 heterocycles. The zero-order valence-electron chi connectivity index (χ0n) is 16.7. The minimum Gasteiger partial charge on any atom is -0.353 e. The third kappa shape index (κ3) is 3.30. The SMILES string of the molecule is N#Cc1nccnc1N1C[C@H]2C[C@@H](C1)[C@H](Cc1cccc(F)c1)N1C(=O)CCC[C@@H]21. The second kappa shape index (κ2) is 7.67. The normalized spacial score (nSPS) is 28.1. The van der Waals surface area contributed by atoms with Crippen molar-refractivity contribution in [3.05, 3.63) is 53.7 Å². The van der Waals surface area contributed by atoms with Gasteiger partial charge >= 0.3 is 0 Å². The molecule has 0 N–H and O–H groups in total. The molecule has 4 atom stereocenters. The number of hydrogen-bond acceptors (Lipinski definition) is 5. The molecular weight excluding hydrogens is 381 g/mol. The fourth-order valence-electron chi connectivity index (χ4n) is 5.76. The Morgan fingerprint density at radius 2 is 2.03 bits per heavy atom. The van der Waals surface area contributed by atoms with E-state index in [1.54, 1.807) is 24.5 Å². The molecule has 0 unspecified atom stereocenters. The predicted octanol–water partition coefficient (Wildman–Crippen LogP) is 2.94. The molecule has 154 valence electrons. The molecule has 7 heteroatoms. The van der Waals surface area contributed by atoms with Gasteiger partial charge in [0.05, 0.1) is 0 Å². The van der Waals surface area contributed by atoms with Crippen molar-refractivity contribution in [3.8, 4) is 6.07 Å². The average molecular weight is 405 g/mol. The number of carbonyl (C=O) groups excluding carboxylic acids is 1. The molecular formula is C23H24FN5O. The van der Waals surface area contributed by atoms with Gasteiger partial charge in [-0.25, -0.2) is 14.4 Å². The highest BCUT2D eigenvalue weighted by atomic mass is 19.1. The molecule has 2 aromatic rings. The van der Waals surface area contributed by atoms with Crippen molar-refractivity contribution >= 4 is 11.7 Å². The maximum absolute atomic E-state index is 13.8. The van der Waals surface area contributed by atoms with Crippen LogP contribution in [0.3, 0.4) is 0 Å². The van der Waals surface area contributed by atoms with E-state index in [2.05, 4.69) is 25.8 Å². The van der Waals surface area contributed by atoms with Crippen LogP contribution < -0.4 is 4.90 Å². The Bertz CT molecular complexity index is 1010. The van der Waals surface area contributed by atoms with E-state index < -0.39 is 0 Å². The van der Waals surface area contributed by atoms with Gasteiger partial charge in [0.15, 0.2) is 11.5 Å². The Morgan fingerprint density at radius 3 is 2.87 bits per heavy atom. The number of nitrogens with zero attached hydrogens (tertiary/aromatic N) is 5. The largest absolute Gasteiger partial charge is 0.353 e. The number of piperidine rings is 3. The van der Waals surface area contributed by atoms with Crippen LogP contribution in [0.15, 0.2) is 36.7 Å². The van der Waals surface area contributed by atoms with Gasteiger partial charge in [-0.15, -0.1) is 0 Å². The Hall–Kier alpha value is -3.01. The number of rotatable bonds is 3. The fourth-order valence-corrected chi connectivity index (χ4v) is 5.76. The molecule has 30 heavy (non-hydrogen) atoms. The van der Waals surface area contributed by atoms with Gasteiger partial charge in [0.25, 0.3) is 0 Å². The number of nitriles is 1. The monoisotopic (exact) mass is 405 g/mol. The molecule has 1 aromatic heterocycles. The number of hydrogen-bond donors (Lipinski definition) is 0. The third-order valence-electron chi connectivity index (χ3n) is 6.91. The van der Waals surface area contributed by atoms with Crippen molar-refractivity contribution in [1.29, 1.82) is 5.26 Å². The maximum Gasteiger partial charge on any atom is 0.223 e. The smallest absolute Gasteiger partial charge is 0.223 e. The second-order valence-electron chi connectivity index (χ2n) is 8.66. The topological polar surface area (TPSA) is 73.1 Å². The van der Waals surface area contributed by atoms with E-state index in [1.807, 2.05) is 6.07 Å². The molecule has 3 aliphatic heterocycles. The van der Waals surface area contributed by atoms with Crippen LogP contribution in [-0.2, 0) is 11.2 Å². The number of benzene rings is 1. The van der Waals surface area contributed by atoms with Crippen LogP contribution in [0.1, 0.15) is 36.9 Å². The van der Waals surface area contributed by atoms with Gasteiger partial charge in [-0.05, 0) is 55.2 Å². The standard InChI is InChI=1S/C23H24FN5O/c24-18-4-1-3-15(9-18)10-21-17-11-16(20-5-2-6-22(30)29(20)21)13-28(14-17)23-19(12-25)26-7-8-27-23/h1,3-4,7-9,16-17,20-21H,2,5-6,10-11,13-14H2/t16-,17+,20+,21+/m1/s1. The van der Waals surface area contributed by atoms with Gasteiger partial charge in [-0.3, -0.25) is 4.79 Å². The molecule has 0 saturated carbocycles. The molecule has 0 aliphatic carbocycles. The highest BCUT2D eigenvalue weighted by molar-refractivity contribution is 5.78. The van der Waals surface area contributed by atoms with Crippen LogP contribution >= 0.6 is 0 Å². The summed E-state index contributed by atoms with van der Waals surface area (Å²) in [5, 5.41) is 9.48. The minimum absolute atomic E-state index is 0.0332. The van der Waals surface area contributed by atoms with Crippen LogP contribution in [0, 0.1) is 29.0 Å². The predicted molar refractivity (Wildman–Crippen MR) is 109 cm³/mol. The first-order valence-electron chi connectivity index (χ1n) is 10.7. The minimum atomic E-state index is -0.244. The molecule has 6 nitrogen and oxygen atoms in total. The van der Waals surface area contributed by atoms with Crippen molar-refractivity contribution in [1.82, 2.24) is 14.9 Å². The summed E-state index contributed by atoms with van der Waals surface area (Å²) in [7, 11) is 0. The number of fused-ring (bicyclic) bond motifs is 4. The van der Waals surface area contributed by atoms with Crippen LogP contribution in [0.25, 0.3) is 0 Å². The zero-order valence-corrected chi connectivity index (χ0v) is 16.7. The Morgan fingerprint density at radius 1 is 1.20 bits per heavy atom. The fraction of sp³-hybridized carbons (Fsp3) is 0.478. The van der Waals surface area contributed by atoms with Crippen molar-refractivity contribution in [2.75, 3.05) is 18.0 Å². The van der Waals surface area contributed by atoms with Crippen LogP contribution in [0.5, 0.6) is 0 Å². The molecule has 3 fully saturated rings. The number of amides is 1. The highest BCUT2D eigenvalue weighted by Crippen LogP contribution is 2.43. The number of anilines is 1. The van der Waals surface area contributed by atoms with Crippen LogP contribution in [0.4, 0.5) is 10.2 Å². The summed E-state index contributed by atoms with van der Waals surface area (Å²) in [5.74, 6) is 1.22. The van der Waals surface area contributed by atoms with E-state index in [9.17, 15) is 14.4 Å². The summed E-state index contributed by atoms with van der Waals surface area (Å²) in [6, 6.07) is 9.09. The lowest BCUT2D eigenvalue weighted by Gasteiger charge is -2.57. The van der Waals surface area contributed by atoms with E-state index in [-0.39, 0.29) is 29.7 Å². The Balaban J connectivity index is 1.49. The summed E-state index contributed by atoms with van der Waals surface area (Å²) in [6.07, 6.45) is 7.39. The van der Waals surface area contributed by atoms with Crippen LogP contribution in [-0.4, -0.2) is 45.9 Å². The van der Waals surface area contributed by atoms with E-state index in [0.717, 1.165) is 37.9 Å². The zero-order chi connectivity index (χ0) is 20.7. The molecule has 0 radical (unpaired) electrons. The quantitative estimate of drug-likeness (QED) is 0.785. The summed E-state index contributed by atoms with van der Waals surface area (Å²) in [6.45, 7) is 1.51. The number of aromatic nitrogens is 2. The summed E-state index contributed by atoms with van der Waals surface area (Å²) < 4.78 is 13.8. The van der Waals surface area contributed by atoms with E-state index >= 15 is 0 Å². The first-order valence-corrected chi connectivity index (χ1v) is 10.7. The molecule has 3 aliphatic rings. The van der Waals surface area contributed by atoms with Gasteiger partial charge in [0, 0.05) is 44.0 Å². The van der Waals surface area contributed by atoms with Crippen molar-refractivity contribution in [3.63, 3.8) is 0 Å². The van der Waals surface area contributed by atoms with Crippen molar-refractivity contribution in [2.45, 2.75) is 44.2 Å². The maximum atomic E-state index is 13.8. The summed E-state index contributed by atoms with van der Waals surface area (Å²) in [5.41, 5.74) is 1.26. The van der Waals surface area contributed by atoms with Gasteiger partial charge in [-0.2, -0.15) is 5.26 Å². The van der Waals surface area contributed by atoms with E-state index in [4.69, 9.17) is 0 Å². The second-order valence-corrected chi connectivity index (χ2v) is 8.66. The lowest BCUT2D eigenvalue weighted by molar-refractivity contribution is -0.148. The Labute approximate surface area is 175 Å². The molecule has 1 aromatic carbocycles. The first kappa shape index (κ1) is 19.0. The first-order chi connectivity index (χ1) is 14.6. The van der Waals surface area contributed by atoms with Crippen LogP contribution in [0.2, 0.25) is 0 Å². The molecule has 2 bridgehead atoms. The molecule has 0 spiro atoms. The lowest BCUT2D eigenvalue weighted by atomic mass is 9.70. The number of halogens is 1. The molecule has 3 saturated heterocycles. The van der Waals surface area contributed by atoms with E-state index in [1.165, 1.54) is 6.07 Å². The van der Waals surface area contributed by atoms with Gasteiger partial charge in [0.1, 0.15) is 11.9 Å². The van der Waals surface area contributed by atoms with Crippen molar-refractivity contribution in [2.24, 2.45) is 11.8 Å². The summed E-state index contributed by atoms with van der Waals surface area (Å²) in [4.78, 5) is 25.9. The van der Waals surface area contributed by atoms with Crippen molar-refractivity contribution < 1.29 is 9.18 Å². The van der Waals surface area contributed by atoms with Gasteiger partial charge in [-0.1, -0.05) is 12.1 Å². The van der Waals surface area contributed by atoms with Gasteiger partial charge in [0.2, 0.25) is 5.91 Å². The van der Waals surface area contributed by atoms with E-state index in [0.29, 0.717) is 30.3 Å². The highest BCUT2D eigenvalue weighted by Gasteiger charge is 2.49. The summed E-state index contributed by atoms with van der Waals surface area (Å²) >= 11 is 0.